The van der Waals surface area contributed by atoms with E-state index in [1.807, 2.05) is 11.9 Å². The van der Waals surface area contributed by atoms with Gasteiger partial charge in [-0.3, -0.25) is 0 Å². The number of nitrogens with zero attached hydrogens (tertiary/aromatic N) is 2. The molecule has 6 nitrogen and oxygen atoms in total. The van der Waals surface area contributed by atoms with Gasteiger partial charge in [0.15, 0.2) is 5.82 Å². The maximum atomic E-state index is 11.3. The fourth-order valence-corrected chi connectivity index (χ4v) is 2.01. The molecule has 1 aromatic rings. The summed E-state index contributed by atoms with van der Waals surface area (Å²) in [6, 6.07) is 1.77. The molecule has 1 aromatic heterocycles. The Balaban J connectivity index is 2.27. The van der Waals surface area contributed by atoms with Gasteiger partial charge in [0.2, 0.25) is 0 Å². The van der Waals surface area contributed by atoms with Crippen molar-refractivity contribution in [3.05, 3.63) is 22.9 Å². The number of nitrogens with one attached hydrogen (secondary N) is 1. The van der Waals surface area contributed by atoms with Crippen LogP contribution in [0.5, 0.6) is 0 Å². The van der Waals surface area contributed by atoms with Crippen LogP contribution in [-0.2, 0) is 4.74 Å². The summed E-state index contributed by atoms with van der Waals surface area (Å²) < 4.78 is 5.24. The van der Waals surface area contributed by atoms with Gasteiger partial charge < -0.3 is 15.3 Å². The molecule has 2 heterocycles. The standard InChI is InChI=1S/C12H17N3O3/c1-8-7-9(2)13-11(10(8)12(16)17)14-15-3-5-18-6-4-15/h7H,3-6H2,1-2H3,(H,13,14)(H,16,17). The summed E-state index contributed by atoms with van der Waals surface area (Å²) in [4.78, 5) is 15.5. The van der Waals surface area contributed by atoms with Crippen molar-refractivity contribution in [1.82, 2.24) is 9.99 Å². The quantitative estimate of drug-likeness (QED) is 0.836. The summed E-state index contributed by atoms with van der Waals surface area (Å²) in [5, 5.41) is 11.2. The molecule has 0 amide bonds. The number of anilines is 1. The van der Waals surface area contributed by atoms with Crippen molar-refractivity contribution in [2.75, 3.05) is 31.7 Å². The molecule has 98 valence electrons. The van der Waals surface area contributed by atoms with Gasteiger partial charge in [0, 0.05) is 18.8 Å². The summed E-state index contributed by atoms with van der Waals surface area (Å²) in [6.07, 6.45) is 0. The minimum Gasteiger partial charge on any atom is -0.478 e. The van der Waals surface area contributed by atoms with Crippen LogP contribution in [0.15, 0.2) is 6.07 Å². The first-order valence-corrected chi connectivity index (χ1v) is 5.89. The summed E-state index contributed by atoms with van der Waals surface area (Å²) in [5.74, 6) is -0.558. The Morgan fingerprint density at radius 3 is 2.72 bits per heavy atom. The molecule has 1 aliphatic rings. The first-order chi connectivity index (χ1) is 8.58. The lowest BCUT2D eigenvalue weighted by molar-refractivity contribution is 0.0493. The van der Waals surface area contributed by atoms with E-state index < -0.39 is 5.97 Å². The molecule has 0 aromatic carbocycles. The number of hydrogen-bond acceptors (Lipinski definition) is 5. The van der Waals surface area contributed by atoms with Crippen molar-refractivity contribution < 1.29 is 14.6 Å². The second kappa shape index (κ2) is 5.32. The second-order valence-electron chi connectivity index (χ2n) is 4.32. The molecule has 6 heteroatoms. The third-order valence-corrected chi connectivity index (χ3v) is 2.83. The summed E-state index contributed by atoms with van der Waals surface area (Å²) in [5.41, 5.74) is 4.82. The van der Waals surface area contributed by atoms with Crippen molar-refractivity contribution in [1.29, 1.82) is 0 Å². The normalized spacial score (nSPS) is 16.6. The first-order valence-electron chi connectivity index (χ1n) is 5.89. The molecule has 2 rings (SSSR count). The van der Waals surface area contributed by atoms with E-state index in [2.05, 4.69) is 10.4 Å². The SMILES string of the molecule is Cc1cc(C)c(C(=O)O)c(NN2CCOCC2)n1. The van der Waals surface area contributed by atoms with Crippen LogP contribution in [0, 0.1) is 13.8 Å². The number of morpholine rings is 1. The van der Waals surface area contributed by atoms with Gasteiger partial charge in [-0.2, -0.15) is 0 Å². The average Bonchev–Trinajstić information content (AvgIpc) is 2.28. The van der Waals surface area contributed by atoms with Crippen molar-refractivity contribution in [2.45, 2.75) is 13.8 Å². The molecule has 0 bridgehead atoms. The fourth-order valence-electron chi connectivity index (χ4n) is 2.01. The predicted octanol–water partition coefficient (Wildman–Crippen LogP) is 1.06. The van der Waals surface area contributed by atoms with E-state index in [0.717, 1.165) is 5.69 Å². The monoisotopic (exact) mass is 251 g/mol. The summed E-state index contributed by atoms with van der Waals surface area (Å²) >= 11 is 0. The maximum absolute atomic E-state index is 11.3. The Bertz CT molecular complexity index is 456. The van der Waals surface area contributed by atoms with Crippen LogP contribution in [0.3, 0.4) is 0 Å². The maximum Gasteiger partial charge on any atom is 0.339 e. The van der Waals surface area contributed by atoms with Gasteiger partial charge in [0.25, 0.3) is 0 Å². The van der Waals surface area contributed by atoms with Gasteiger partial charge in [-0.05, 0) is 25.5 Å². The highest BCUT2D eigenvalue weighted by Crippen LogP contribution is 2.19. The first kappa shape index (κ1) is 12.8. The molecule has 0 aliphatic carbocycles. The lowest BCUT2D eigenvalue weighted by Crippen LogP contribution is -2.41. The number of hydrogen-bond donors (Lipinski definition) is 2. The van der Waals surface area contributed by atoms with Gasteiger partial charge in [-0.1, -0.05) is 0 Å². The third-order valence-electron chi connectivity index (χ3n) is 2.83. The molecule has 18 heavy (non-hydrogen) atoms. The molecule has 0 spiro atoms. The van der Waals surface area contributed by atoms with Crippen LogP contribution in [0.1, 0.15) is 21.6 Å². The molecule has 1 fully saturated rings. The van der Waals surface area contributed by atoms with Crippen molar-refractivity contribution in [2.24, 2.45) is 0 Å². The molecule has 0 unspecified atom stereocenters. The molecular formula is C12H17N3O3. The third kappa shape index (κ3) is 2.77. The Labute approximate surface area is 106 Å². The topological polar surface area (TPSA) is 74.7 Å². The van der Waals surface area contributed by atoms with Gasteiger partial charge in [0.1, 0.15) is 5.56 Å². The van der Waals surface area contributed by atoms with Crippen LogP contribution in [0.25, 0.3) is 0 Å². The fraction of sp³-hybridized carbons (Fsp3) is 0.500. The highest BCUT2D eigenvalue weighted by atomic mass is 16.5. The largest absolute Gasteiger partial charge is 0.478 e. The van der Waals surface area contributed by atoms with Crippen molar-refractivity contribution in [3.8, 4) is 0 Å². The number of carboxylic acids is 1. The predicted molar refractivity (Wildman–Crippen MR) is 66.7 cm³/mol. The number of carboxylic acid groups (broad SMARTS) is 1. The number of ether oxygens (including phenoxy) is 1. The van der Waals surface area contributed by atoms with Crippen LogP contribution in [-0.4, -0.2) is 47.4 Å². The van der Waals surface area contributed by atoms with E-state index in [4.69, 9.17) is 4.74 Å². The number of aromatic carboxylic acids is 1. The van der Waals surface area contributed by atoms with Crippen LogP contribution in [0.2, 0.25) is 0 Å². The van der Waals surface area contributed by atoms with Crippen LogP contribution in [0.4, 0.5) is 5.82 Å². The number of pyridine rings is 1. The number of hydrazine groups is 1. The highest BCUT2D eigenvalue weighted by molar-refractivity contribution is 5.94. The van der Waals surface area contributed by atoms with E-state index in [0.29, 0.717) is 37.7 Å². The second-order valence-corrected chi connectivity index (χ2v) is 4.32. The molecule has 1 aliphatic heterocycles. The van der Waals surface area contributed by atoms with Crippen molar-refractivity contribution >= 4 is 11.8 Å². The minimum atomic E-state index is -0.962. The zero-order valence-electron chi connectivity index (χ0n) is 10.6. The number of carbonyl (C=O) groups is 1. The molecule has 2 N–H and O–H groups in total. The van der Waals surface area contributed by atoms with Crippen LogP contribution >= 0.6 is 0 Å². The summed E-state index contributed by atoms with van der Waals surface area (Å²) in [6.45, 7) is 6.34. The Morgan fingerprint density at radius 1 is 1.44 bits per heavy atom. The van der Waals surface area contributed by atoms with E-state index in [1.165, 1.54) is 0 Å². The average molecular weight is 251 g/mol. The molecule has 1 saturated heterocycles. The zero-order valence-corrected chi connectivity index (χ0v) is 10.6. The molecular weight excluding hydrogens is 234 g/mol. The van der Waals surface area contributed by atoms with E-state index >= 15 is 0 Å². The number of aromatic nitrogens is 1. The Kier molecular flexibility index (Phi) is 3.78. The lowest BCUT2D eigenvalue weighted by Gasteiger charge is -2.28. The van der Waals surface area contributed by atoms with Gasteiger partial charge >= 0.3 is 5.97 Å². The van der Waals surface area contributed by atoms with Gasteiger partial charge in [-0.15, -0.1) is 0 Å². The van der Waals surface area contributed by atoms with E-state index in [-0.39, 0.29) is 5.56 Å². The zero-order chi connectivity index (χ0) is 13.1. The number of rotatable bonds is 3. The van der Waals surface area contributed by atoms with E-state index in [9.17, 15) is 9.90 Å². The molecule has 0 saturated carbocycles. The van der Waals surface area contributed by atoms with E-state index in [1.54, 1.807) is 13.0 Å². The molecule has 0 radical (unpaired) electrons. The van der Waals surface area contributed by atoms with Crippen LogP contribution < -0.4 is 5.43 Å². The Hall–Kier alpha value is -1.66. The Morgan fingerprint density at radius 2 is 2.11 bits per heavy atom. The molecule has 0 atom stereocenters. The number of aryl methyl sites for hydroxylation is 2. The van der Waals surface area contributed by atoms with Gasteiger partial charge in [-0.25, -0.2) is 14.8 Å². The van der Waals surface area contributed by atoms with Crippen molar-refractivity contribution in [3.63, 3.8) is 0 Å². The van der Waals surface area contributed by atoms with Gasteiger partial charge in [0.05, 0.1) is 13.2 Å². The smallest absolute Gasteiger partial charge is 0.339 e. The minimum absolute atomic E-state index is 0.229. The highest BCUT2D eigenvalue weighted by Gasteiger charge is 2.18. The lowest BCUT2D eigenvalue weighted by atomic mass is 10.1. The summed E-state index contributed by atoms with van der Waals surface area (Å²) in [7, 11) is 0.